The Balaban J connectivity index is 2.29. The second-order valence-corrected chi connectivity index (χ2v) is 5.89. The topological polar surface area (TPSA) is 12.0 Å². The third kappa shape index (κ3) is 3.81. The van der Waals surface area contributed by atoms with Crippen LogP contribution in [-0.2, 0) is 6.42 Å². The van der Waals surface area contributed by atoms with Crippen LogP contribution in [0.15, 0.2) is 46.9 Å². The fraction of sp³-hybridized carbons (Fsp3) is 0.250. The van der Waals surface area contributed by atoms with Crippen molar-refractivity contribution in [3.8, 4) is 0 Å². The number of halogens is 3. The molecule has 2 rings (SSSR count). The van der Waals surface area contributed by atoms with Crippen molar-refractivity contribution >= 4 is 27.5 Å². The Kier molecular flexibility index (Phi) is 5.58. The van der Waals surface area contributed by atoms with E-state index in [1.807, 2.05) is 37.3 Å². The van der Waals surface area contributed by atoms with Crippen LogP contribution in [0.1, 0.15) is 24.1 Å². The Morgan fingerprint density at radius 3 is 2.65 bits per heavy atom. The van der Waals surface area contributed by atoms with Gasteiger partial charge in [0, 0.05) is 15.5 Å². The van der Waals surface area contributed by atoms with Crippen LogP contribution in [0.2, 0.25) is 5.02 Å². The average Bonchev–Trinajstić information content (AvgIpc) is 2.41. The lowest BCUT2D eigenvalue weighted by Crippen LogP contribution is -2.23. The zero-order valence-corrected chi connectivity index (χ0v) is 13.5. The molecule has 0 bridgehead atoms. The first-order valence-corrected chi connectivity index (χ1v) is 7.70. The van der Waals surface area contributed by atoms with Gasteiger partial charge in [0.15, 0.2) is 0 Å². The third-order valence-electron chi connectivity index (χ3n) is 3.17. The Morgan fingerprint density at radius 2 is 2.00 bits per heavy atom. The highest BCUT2D eigenvalue weighted by molar-refractivity contribution is 9.10. The molecule has 2 aromatic carbocycles. The summed E-state index contributed by atoms with van der Waals surface area (Å²) < 4.78 is 14.7. The minimum absolute atomic E-state index is 0.00231. The lowest BCUT2D eigenvalue weighted by atomic mass is 9.98. The first-order valence-electron chi connectivity index (χ1n) is 6.53. The van der Waals surface area contributed by atoms with Crippen LogP contribution in [-0.4, -0.2) is 6.54 Å². The van der Waals surface area contributed by atoms with Crippen LogP contribution < -0.4 is 5.32 Å². The van der Waals surface area contributed by atoms with E-state index in [2.05, 4.69) is 21.2 Å². The summed E-state index contributed by atoms with van der Waals surface area (Å²) in [6, 6.07) is 12.6. The molecule has 0 aromatic heterocycles. The maximum Gasteiger partial charge on any atom is 0.126 e. The van der Waals surface area contributed by atoms with E-state index in [1.165, 1.54) is 6.07 Å². The van der Waals surface area contributed by atoms with Crippen molar-refractivity contribution in [1.82, 2.24) is 5.32 Å². The molecule has 20 heavy (non-hydrogen) atoms. The SMILES string of the molecule is CCNC(Cc1ccccc1F)c1ccc(Br)cc1Cl. The molecule has 1 atom stereocenters. The van der Waals surface area contributed by atoms with Crippen molar-refractivity contribution in [3.63, 3.8) is 0 Å². The van der Waals surface area contributed by atoms with Gasteiger partial charge >= 0.3 is 0 Å². The predicted molar refractivity (Wildman–Crippen MR) is 85.7 cm³/mol. The monoisotopic (exact) mass is 355 g/mol. The quantitative estimate of drug-likeness (QED) is 0.782. The number of hydrogen-bond acceptors (Lipinski definition) is 1. The molecule has 0 aliphatic heterocycles. The van der Waals surface area contributed by atoms with Gasteiger partial charge in [-0.1, -0.05) is 58.7 Å². The molecule has 0 saturated heterocycles. The summed E-state index contributed by atoms with van der Waals surface area (Å²) in [5.41, 5.74) is 1.68. The molecule has 0 aliphatic carbocycles. The summed E-state index contributed by atoms with van der Waals surface area (Å²) in [4.78, 5) is 0. The van der Waals surface area contributed by atoms with E-state index in [-0.39, 0.29) is 11.9 Å². The summed E-state index contributed by atoms with van der Waals surface area (Å²) >= 11 is 9.70. The van der Waals surface area contributed by atoms with Crippen LogP contribution >= 0.6 is 27.5 Å². The Labute approximate surface area is 132 Å². The number of nitrogens with one attached hydrogen (secondary N) is 1. The number of rotatable bonds is 5. The fourth-order valence-electron chi connectivity index (χ4n) is 2.21. The first kappa shape index (κ1) is 15.5. The van der Waals surface area contributed by atoms with E-state index in [1.54, 1.807) is 6.07 Å². The molecule has 0 aliphatic rings. The zero-order chi connectivity index (χ0) is 14.5. The highest BCUT2D eigenvalue weighted by atomic mass is 79.9. The standard InChI is InChI=1S/C16H16BrClFN/c1-2-20-16(9-11-5-3-4-6-15(11)19)13-8-7-12(17)10-14(13)18/h3-8,10,16,20H,2,9H2,1H3. The maximum absolute atomic E-state index is 13.8. The van der Waals surface area contributed by atoms with Crippen molar-refractivity contribution in [2.24, 2.45) is 0 Å². The van der Waals surface area contributed by atoms with Crippen LogP contribution in [0, 0.1) is 5.82 Å². The highest BCUT2D eigenvalue weighted by Crippen LogP contribution is 2.29. The molecule has 0 radical (unpaired) electrons. The molecule has 1 nitrogen and oxygen atoms in total. The minimum Gasteiger partial charge on any atom is -0.310 e. The second-order valence-electron chi connectivity index (χ2n) is 4.57. The predicted octanol–water partition coefficient (Wildman–Crippen LogP) is 5.13. The number of likely N-dealkylation sites (N-methyl/N-ethyl adjacent to an activating group) is 1. The lowest BCUT2D eigenvalue weighted by molar-refractivity contribution is 0.528. The first-order chi connectivity index (χ1) is 9.61. The van der Waals surface area contributed by atoms with Gasteiger partial charge in [-0.05, 0) is 42.3 Å². The van der Waals surface area contributed by atoms with Gasteiger partial charge in [-0.3, -0.25) is 0 Å². The number of hydrogen-bond donors (Lipinski definition) is 1. The van der Waals surface area contributed by atoms with Crippen molar-refractivity contribution in [2.45, 2.75) is 19.4 Å². The summed E-state index contributed by atoms with van der Waals surface area (Å²) in [6.45, 7) is 2.83. The second kappa shape index (κ2) is 7.21. The van der Waals surface area contributed by atoms with Gasteiger partial charge in [0.05, 0.1) is 0 Å². The Morgan fingerprint density at radius 1 is 1.25 bits per heavy atom. The van der Waals surface area contributed by atoms with E-state index in [4.69, 9.17) is 11.6 Å². The molecular formula is C16H16BrClFN. The molecule has 4 heteroatoms. The molecular weight excluding hydrogens is 341 g/mol. The van der Waals surface area contributed by atoms with Gasteiger partial charge in [-0.2, -0.15) is 0 Å². The van der Waals surface area contributed by atoms with E-state index in [9.17, 15) is 4.39 Å². The zero-order valence-electron chi connectivity index (χ0n) is 11.2. The van der Waals surface area contributed by atoms with E-state index < -0.39 is 0 Å². The van der Waals surface area contributed by atoms with Crippen molar-refractivity contribution in [3.05, 3.63) is 68.9 Å². The fourth-order valence-corrected chi connectivity index (χ4v) is 3.01. The van der Waals surface area contributed by atoms with Gasteiger partial charge in [-0.25, -0.2) is 4.39 Å². The van der Waals surface area contributed by atoms with E-state index in [0.717, 1.165) is 16.6 Å². The van der Waals surface area contributed by atoms with Crippen LogP contribution in [0.4, 0.5) is 4.39 Å². The molecule has 1 unspecified atom stereocenters. The molecule has 0 saturated carbocycles. The molecule has 0 fully saturated rings. The van der Waals surface area contributed by atoms with Gasteiger partial charge in [-0.15, -0.1) is 0 Å². The van der Waals surface area contributed by atoms with Gasteiger partial charge in [0.25, 0.3) is 0 Å². The van der Waals surface area contributed by atoms with Crippen LogP contribution in [0.5, 0.6) is 0 Å². The lowest BCUT2D eigenvalue weighted by Gasteiger charge is -2.20. The van der Waals surface area contributed by atoms with Crippen molar-refractivity contribution in [1.29, 1.82) is 0 Å². The molecule has 1 N–H and O–H groups in total. The van der Waals surface area contributed by atoms with Crippen LogP contribution in [0.3, 0.4) is 0 Å². The van der Waals surface area contributed by atoms with Gasteiger partial charge < -0.3 is 5.32 Å². The molecule has 2 aromatic rings. The largest absolute Gasteiger partial charge is 0.310 e. The summed E-state index contributed by atoms with van der Waals surface area (Å²) in [6.07, 6.45) is 0.571. The van der Waals surface area contributed by atoms with Gasteiger partial charge in [0.1, 0.15) is 5.82 Å². The minimum atomic E-state index is -0.177. The smallest absolute Gasteiger partial charge is 0.126 e. The molecule has 0 heterocycles. The normalized spacial score (nSPS) is 12.4. The molecule has 106 valence electrons. The third-order valence-corrected chi connectivity index (χ3v) is 3.99. The molecule has 0 amide bonds. The van der Waals surface area contributed by atoms with E-state index >= 15 is 0 Å². The van der Waals surface area contributed by atoms with Gasteiger partial charge in [0.2, 0.25) is 0 Å². The van der Waals surface area contributed by atoms with Crippen LogP contribution in [0.25, 0.3) is 0 Å². The van der Waals surface area contributed by atoms with E-state index in [0.29, 0.717) is 17.0 Å². The summed E-state index contributed by atoms with van der Waals surface area (Å²) in [5.74, 6) is -0.177. The summed E-state index contributed by atoms with van der Waals surface area (Å²) in [7, 11) is 0. The summed E-state index contributed by atoms with van der Waals surface area (Å²) in [5, 5.41) is 4.05. The Hall–Kier alpha value is -0.900. The van der Waals surface area contributed by atoms with Crippen molar-refractivity contribution < 1.29 is 4.39 Å². The Bertz CT molecular complexity index is 588. The highest BCUT2D eigenvalue weighted by Gasteiger charge is 2.16. The van der Waals surface area contributed by atoms with Crippen molar-refractivity contribution in [2.75, 3.05) is 6.54 Å². The average molecular weight is 357 g/mol. The maximum atomic E-state index is 13.8. The molecule has 0 spiro atoms. The number of benzene rings is 2.